The second-order valence-electron chi connectivity index (χ2n) is 3.47. The number of aryl methyl sites for hydroxylation is 1. The van der Waals surface area contributed by atoms with E-state index in [9.17, 15) is 8.42 Å². The lowest BCUT2D eigenvalue weighted by atomic mass is 10.2. The highest BCUT2D eigenvalue weighted by molar-refractivity contribution is 8.14. The molecule has 87 valence electrons. The zero-order chi connectivity index (χ0) is 12.0. The fourth-order valence-corrected chi connectivity index (χ4v) is 1.99. The molecule has 0 spiro atoms. The Morgan fingerprint density at radius 3 is 2.50 bits per heavy atom. The average molecular weight is 240 g/mol. The summed E-state index contributed by atoms with van der Waals surface area (Å²) in [6, 6.07) is 6.63. The van der Waals surface area contributed by atoms with E-state index in [1.807, 2.05) is 6.92 Å². The Hall–Kier alpha value is -0.845. The highest BCUT2D eigenvalue weighted by atomic mass is 32.2. The number of benzene rings is 1. The number of nitrogens with two attached hydrogens (primary N) is 1. The van der Waals surface area contributed by atoms with Gasteiger partial charge in [0.2, 0.25) is 0 Å². The Labute approximate surface area is 96.9 Å². The van der Waals surface area contributed by atoms with Crippen LogP contribution < -0.4 is 5.73 Å². The smallest absolute Gasteiger partial charge is 0.424 e. The molecule has 1 radical (unpaired) electrons. The number of rotatable bonds is 6. The van der Waals surface area contributed by atoms with Crippen molar-refractivity contribution in [2.45, 2.75) is 18.2 Å². The maximum absolute atomic E-state index is 11.7. The molecule has 0 unspecified atom stereocenters. The summed E-state index contributed by atoms with van der Waals surface area (Å²) in [5.74, 6) is 0. The van der Waals surface area contributed by atoms with Gasteiger partial charge in [-0.3, -0.25) is 0 Å². The SMILES string of the molecule is Cc1ccc(S(=O)(=O)[B]OCCCN)cc1. The molecule has 0 amide bonds. The van der Waals surface area contributed by atoms with Crippen molar-refractivity contribution in [1.82, 2.24) is 0 Å². The van der Waals surface area contributed by atoms with Crippen LogP contribution in [0.1, 0.15) is 12.0 Å². The van der Waals surface area contributed by atoms with E-state index in [0.29, 0.717) is 19.6 Å². The maximum Gasteiger partial charge on any atom is 0.461 e. The molecule has 0 saturated heterocycles. The molecule has 16 heavy (non-hydrogen) atoms. The minimum absolute atomic E-state index is 0.242. The van der Waals surface area contributed by atoms with Gasteiger partial charge >= 0.3 is 6.76 Å². The summed E-state index contributed by atoms with van der Waals surface area (Å²) in [4.78, 5) is 0.242. The van der Waals surface area contributed by atoms with Crippen LogP contribution in [0, 0.1) is 6.92 Å². The van der Waals surface area contributed by atoms with Gasteiger partial charge in [0.15, 0.2) is 9.69 Å². The van der Waals surface area contributed by atoms with E-state index in [1.54, 1.807) is 24.3 Å². The Morgan fingerprint density at radius 1 is 1.31 bits per heavy atom. The van der Waals surface area contributed by atoms with Crippen molar-refractivity contribution in [2.24, 2.45) is 5.73 Å². The van der Waals surface area contributed by atoms with Gasteiger partial charge in [-0.05, 0) is 32.0 Å². The van der Waals surface area contributed by atoms with E-state index in [1.165, 1.54) is 0 Å². The molecular formula is C10H15BNO3S. The van der Waals surface area contributed by atoms with Crippen molar-refractivity contribution in [3.05, 3.63) is 29.8 Å². The molecular weight excluding hydrogens is 225 g/mol. The third-order valence-electron chi connectivity index (χ3n) is 2.01. The molecule has 0 saturated carbocycles. The Bertz CT molecular complexity index is 416. The third-order valence-corrected chi connectivity index (χ3v) is 3.33. The van der Waals surface area contributed by atoms with E-state index in [2.05, 4.69) is 0 Å². The molecule has 0 atom stereocenters. The third kappa shape index (κ3) is 3.96. The first-order valence-electron chi connectivity index (χ1n) is 5.03. The fraction of sp³-hybridized carbons (Fsp3) is 0.400. The Kier molecular flexibility index (Phi) is 4.98. The Morgan fingerprint density at radius 2 is 1.94 bits per heavy atom. The summed E-state index contributed by atoms with van der Waals surface area (Å²) < 4.78 is 28.3. The summed E-state index contributed by atoms with van der Waals surface area (Å²) in [6.45, 7) is 3.59. The average Bonchev–Trinajstić information content (AvgIpc) is 2.25. The van der Waals surface area contributed by atoms with Crippen LogP contribution in [-0.2, 0) is 14.3 Å². The topological polar surface area (TPSA) is 69.4 Å². The summed E-state index contributed by atoms with van der Waals surface area (Å²) in [5.41, 5.74) is 6.28. The Balaban J connectivity index is 2.60. The van der Waals surface area contributed by atoms with Gasteiger partial charge in [0.1, 0.15) is 0 Å². The minimum atomic E-state index is -3.45. The maximum atomic E-state index is 11.7. The van der Waals surface area contributed by atoms with Gasteiger partial charge in [-0.15, -0.1) is 0 Å². The molecule has 1 aromatic carbocycles. The minimum Gasteiger partial charge on any atom is -0.424 e. The van der Waals surface area contributed by atoms with Crippen molar-refractivity contribution < 1.29 is 13.1 Å². The molecule has 1 rings (SSSR count). The molecule has 0 aliphatic heterocycles. The first-order valence-corrected chi connectivity index (χ1v) is 6.57. The quantitative estimate of drug-likeness (QED) is 0.586. The molecule has 4 nitrogen and oxygen atoms in total. The van der Waals surface area contributed by atoms with E-state index < -0.39 is 9.69 Å². The van der Waals surface area contributed by atoms with E-state index >= 15 is 0 Å². The number of hydrogen-bond donors (Lipinski definition) is 1. The van der Waals surface area contributed by atoms with Crippen molar-refractivity contribution in [3.8, 4) is 0 Å². The normalized spacial score (nSPS) is 11.4. The predicted octanol–water partition coefficient (Wildman–Crippen LogP) is 0.668. The van der Waals surface area contributed by atoms with Crippen LogP contribution in [0.4, 0.5) is 0 Å². The first-order chi connectivity index (χ1) is 7.56. The summed E-state index contributed by atoms with van der Waals surface area (Å²) in [5, 5.41) is 0. The number of hydrogen-bond acceptors (Lipinski definition) is 4. The highest BCUT2D eigenvalue weighted by Gasteiger charge is 2.17. The van der Waals surface area contributed by atoms with E-state index in [4.69, 9.17) is 10.4 Å². The van der Waals surface area contributed by atoms with Crippen LogP contribution in [0.5, 0.6) is 0 Å². The van der Waals surface area contributed by atoms with Crippen molar-refractivity contribution >= 4 is 16.4 Å². The lowest BCUT2D eigenvalue weighted by Crippen LogP contribution is -2.16. The molecule has 0 aromatic heterocycles. The molecule has 0 fully saturated rings. The summed E-state index contributed by atoms with van der Waals surface area (Å²) in [6.07, 6.45) is 0.639. The zero-order valence-electron chi connectivity index (χ0n) is 9.22. The van der Waals surface area contributed by atoms with Gasteiger partial charge in [0.25, 0.3) is 0 Å². The lowest BCUT2D eigenvalue weighted by Gasteiger charge is -2.04. The van der Waals surface area contributed by atoms with E-state index in [0.717, 1.165) is 12.3 Å². The van der Waals surface area contributed by atoms with Gasteiger partial charge in [-0.1, -0.05) is 17.7 Å². The van der Waals surface area contributed by atoms with Crippen LogP contribution in [0.25, 0.3) is 0 Å². The van der Waals surface area contributed by atoms with Crippen molar-refractivity contribution in [3.63, 3.8) is 0 Å². The largest absolute Gasteiger partial charge is 0.461 e. The molecule has 2 N–H and O–H groups in total. The predicted molar refractivity (Wildman–Crippen MR) is 63.7 cm³/mol. The molecule has 6 heteroatoms. The van der Waals surface area contributed by atoms with Crippen LogP contribution in [-0.4, -0.2) is 28.3 Å². The summed E-state index contributed by atoms with van der Waals surface area (Å²) >= 11 is 0. The van der Waals surface area contributed by atoms with Gasteiger partial charge in [0.05, 0.1) is 4.90 Å². The van der Waals surface area contributed by atoms with Gasteiger partial charge in [-0.25, -0.2) is 8.42 Å². The van der Waals surface area contributed by atoms with Crippen molar-refractivity contribution in [2.75, 3.05) is 13.2 Å². The van der Waals surface area contributed by atoms with Crippen LogP contribution in [0.2, 0.25) is 0 Å². The molecule has 0 aliphatic rings. The van der Waals surface area contributed by atoms with Crippen LogP contribution >= 0.6 is 0 Å². The second kappa shape index (κ2) is 6.03. The molecule has 1 aromatic rings. The van der Waals surface area contributed by atoms with Crippen LogP contribution in [0.15, 0.2) is 29.2 Å². The fourth-order valence-electron chi connectivity index (χ4n) is 1.09. The molecule has 0 heterocycles. The van der Waals surface area contributed by atoms with Crippen molar-refractivity contribution in [1.29, 1.82) is 0 Å². The summed E-state index contributed by atoms with van der Waals surface area (Å²) in [7, 11) is -3.45. The van der Waals surface area contributed by atoms with Crippen LogP contribution in [0.3, 0.4) is 0 Å². The molecule has 0 aliphatic carbocycles. The van der Waals surface area contributed by atoms with Gasteiger partial charge in [-0.2, -0.15) is 0 Å². The van der Waals surface area contributed by atoms with E-state index in [-0.39, 0.29) is 4.90 Å². The lowest BCUT2D eigenvalue weighted by molar-refractivity contribution is 0.338. The highest BCUT2D eigenvalue weighted by Crippen LogP contribution is 2.11. The second-order valence-corrected chi connectivity index (χ2v) is 5.22. The van der Waals surface area contributed by atoms with Gasteiger partial charge in [0, 0.05) is 6.61 Å². The monoisotopic (exact) mass is 240 g/mol. The zero-order valence-corrected chi connectivity index (χ0v) is 10.0. The molecule has 0 bridgehead atoms. The first kappa shape index (κ1) is 13.2. The standard InChI is InChI=1S/C10H15BNO3S/c1-9-3-5-10(6-4-9)16(13,14)11-15-8-2-7-12/h3-6H,2,7-8,12H2,1H3. The van der Waals surface area contributed by atoms with Gasteiger partial charge < -0.3 is 10.4 Å².